The maximum absolute atomic E-state index is 5.99. The van der Waals surface area contributed by atoms with E-state index in [9.17, 15) is 0 Å². The van der Waals surface area contributed by atoms with E-state index in [2.05, 4.69) is 4.98 Å². The normalized spacial score (nSPS) is 10.3. The molecule has 19 heavy (non-hydrogen) atoms. The van der Waals surface area contributed by atoms with Gasteiger partial charge in [-0.25, -0.2) is 0 Å². The third kappa shape index (κ3) is 3.52. The summed E-state index contributed by atoms with van der Waals surface area (Å²) in [5, 5.41) is 0.571. The van der Waals surface area contributed by atoms with Crippen molar-refractivity contribution in [3.05, 3.63) is 52.8 Å². The number of halogens is 2. The highest BCUT2D eigenvalue weighted by atomic mass is 35.5. The van der Waals surface area contributed by atoms with Crippen molar-refractivity contribution in [2.24, 2.45) is 0 Å². The molecule has 0 amide bonds. The number of hydrogen-bond acceptors (Lipinski definition) is 3. The smallest absolute Gasteiger partial charge is 0.166 e. The number of methoxy groups -OCH3 is 1. The fraction of sp³-hybridized carbons (Fsp3) is 0.214. The van der Waals surface area contributed by atoms with Gasteiger partial charge in [-0.15, -0.1) is 11.6 Å². The number of benzene rings is 1. The van der Waals surface area contributed by atoms with Crippen molar-refractivity contribution in [3.8, 4) is 11.5 Å². The predicted octanol–water partition coefficient (Wildman–Crippen LogP) is 4.06. The molecule has 0 fully saturated rings. The second kappa shape index (κ2) is 6.64. The lowest BCUT2D eigenvalue weighted by molar-refractivity contribution is 0.282. The van der Waals surface area contributed by atoms with Crippen molar-refractivity contribution in [1.29, 1.82) is 0 Å². The Kier molecular flexibility index (Phi) is 4.88. The average Bonchev–Trinajstić information content (AvgIpc) is 2.46. The van der Waals surface area contributed by atoms with Gasteiger partial charge in [0.15, 0.2) is 11.5 Å². The summed E-state index contributed by atoms with van der Waals surface area (Å²) >= 11 is 11.9. The molecule has 0 aliphatic carbocycles. The van der Waals surface area contributed by atoms with E-state index < -0.39 is 0 Å². The summed E-state index contributed by atoms with van der Waals surface area (Å²) in [4.78, 5) is 4.04. The largest absolute Gasteiger partial charge is 0.493 e. The van der Waals surface area contributed by atoms with E-state index in [0.29, 0.717) is 29.0 Å². The molecule has 5 heteroatoms. The topological polar surface area (TPSA) is 31.4 Å². The van der Waals surface area contributed by atoms with Crippen LogP contribution in [0.15, 0.2) is 36.7 Å². The number of alkyl halides is 1. The maximum Gasteiger partial charge on any atom is 0.166 e. The van der Waals surface area contributed by atoms with Crippen molar-refractivity contribution < 1.29 is 9.47 Å². The summed E-state index contributed by atoms with van der Waals surface area (Å²) in [6.45, 7) is 0.399. The molecule has 0 spiro atoms. The van der Waals surface area contributed by atoms with E-state index in [1.54, 1.807) is 31.6 Å². The quantitative estimate of drug-likeness (QED) is 0.780. The van der Waals surface area contributed by atoms with E-state index in [0.717, 1.165) is 11.1 Å². The molecule has 0 aliphatic heterocycles. The van der Waals surface area contributed by atoms with Gasteiger partial charge in [0.05, 0.1) is 13.0 Å². The predicted molar refractivity (Wildman–Crippen MR) is 76.1 cm³/mol. The fourth-order valence-corrected chi connectivity index (χ4v) is 2.11. The Morgan fingerprint density at radius 3 is 2.79 bits per heavy atom. The van der Waals surface area contributed by atoms with Crippen LogP contribution in [0.4, 0.5) is 0 Å². The van der Waals surface area contributed by atoms with Crippen molar-refractivity contribution in [2.75, 3.05) is 7.11 Å². The zero-order valence-corrected chi connectivity index (χ0v) is 11.9. The number of hydrogen-bond donors (Lipinski definition) is 0. The molecule has 0 atom stereocenters. The fourth-order valence-electron chi connectivity index (χ4n) is 1.68. The van der Waals surface area contributed by atoms with Gasteiger partial charge in [0.25, 0.3) is 0 Å². The van der Waals surface area contributed by atoms with Crippen LogP contribution in [0, 0.1) is 0 Å². The highest BCUT2D eigenvalue weighted by Crippen LogP contribution is 2.36. The Hall–Kier alpha value is -1.45. The molecule has 0 bridgehead atoms. The molecule has 0 saturated carbocycles. The van der Waals surface area contributed by atoms with Crippen molar-refractivity contribution in [1.82, 2.24) is 4.98 Å². The van der Waals surface area contributed by atoms with E-state index >= 15 is 0 Å². The molecule has 1 heterocycles. The van der Waals surface area contributed by atoms with Crippen molar-refractivity contribution in [2.45, 2.75) is 12.5 Å². The molecule has 0 radical (unpaired) electrons. The molecule has 0 aliphatic rings. The number of rotatable bonds is 5. The van der Waals surface area contributed by atoms with Crippen LogP contribution in [0.2, 0.25) is 5.02 Å². The standard InChI is InChI=1S/C14H13Cl2NO2/c1-18-13-6-12(16)5-11(7-15)14(13)19-9-10-3-2-4-17-8-10/h2-6,8H,7,9H2,1H3. The van der Waals surface area contributed by atoms with Crippen LogP contribution in [-0.4, -0.2) is 12.1 Å². The number of aromatic nitrogens is 1. The second-order valence-electron chi connectivity index (χ2n) is 3.88. The summed E-state index contributed by atoms with van der Waals surface area (Å²) in [7, 11) is 1.57. The van der Waals surface area contributed by atoms with Gasteiger partial charge in [-0.2, -0.15) is 0 Å². The summed E-state index contributed by atoms with van der Waals surface area (Å²) < 4.78 is 11.1. The van der Waals surface area contributed by atoms with Crippen LogP contribution >= 0.6 is 23.2 Å². The van der Waals surface area contributed by atoms with Crippen LogP contribution in [0.25, 0.3) is 0 Å². The van der Waals surface area contributed by atoms with Crippen LogP contribution in [0.3, 0.4) is 0 Å². The first-order valence-electron chi connectivity index (χ1n) is 5.68. The molecule has 1 aromatic carbocycles. The molecule has 0 unspecified atom stereocenters. The average molecular weight is 298 g/mol. The maximum atomic E-state index is 5.99. The second-order valence-corrected chi connectivity index (χ2v) is 4.58. The molecule has 1 aromatic heterocycles. The van der Waals surface area contributed by atoms with Crippen molar-refractivity contribution in [3.63, 3.8) is 0 Å². The minimum absolute atomic E-state index is 0.305. The number of nitrogens with zero attached hydrogens (tertiary/aromatic N) is 1. The zero-order valence-electron chi connectivity index (χ0n) is 10.4. The highest BCUT2D eigenvalue weighted by Gasteiger charge is 2.12. The van der Waals surface area contributed by atoms with E-state index in [-0.39, 0.29) is 0 Å². The summed E-state index contributed by atoms with van der Waals surface area (Å²) in [6, 6.07) is 7.28. The first kappa shape index (κ1) is 14.0. The highest BCUT2D eigenvalue weighted by molar-refractivity contribution is 6.31. The zero-order chi connectivity index (χ0) is 13.7. The Bertz CT molecular complexity index is 521. The monoisotopic (exact) mass is 297 g/mol. The van der Waals surface area contributed by atoms with E-state index in [4.69, 9.17) is 32.7 Å². The molecular formula is C14H13Cl2NO2. The summed E-state index contributed by atoms with van der Waals surface area (Å²) in [6.07, 6.45) is 3.47. The van der Waals surface area contributed by atoms with Crippen LogP contribution < -0.4 is 9.47 Å². The van der Waals surface area contributed by atoms with Crippen LogP contribution in [0.5, 0.6) is 11.5 Å². The van der Waals surface area contributed by atoms with Gasteiger partial charge in [-0.3, -0.25) is 4.98 Å². The molecule has 0 N–H and O–H groups in total. The molecule has 2 rings (SSSR count). The molecule has 0 saturated heterocycles. The minimum atomic E-state index is 0.305. The first-order valence-corrected chi connectivity index (χ1v) is 6.60. The first-order chi connectivity index (χ1) is 9.24. The summed E-state index contributed by atoms with van der Waals surface area (Å²) in [5.41, 5.74) is 1.77. The number of pyridine rings is 1. The van der Waals surface area contributed by atoms with E-state index in [1.165, 1.54) is 0 Å². The lowest BCUT2D eigenvalue weighted by Crippen LogP contribution is -2.01. The molecule has 100 valence electrons. The lowest BCUT2D eigenvalue weighted by atomic mass is 10.2. The number of ether oxygens (including phenoxy) is 2. The Morgan fingerprint density at radius 1 is 1.32 bits per heavy atom. The van der Waals surface area contributed by atoms with Gasteiger partial charge in [0, 0.05) is 34.6 Å². The Labute approximate surface area is 122 Å². The van der Waals surface area contributed by atoms with Gasteiger partial charge in [-0.05, 0) is 12.1 Å². The van der Waals surface area contributed by atoms with Crippen molar-refractivity contribution >= 4 is 23.2 Å². The van der Waals surface area contributed by atoms with Crippen LogP contribution in [0.1, 0.15) is 11.1 Å². The Morgan fingerprint density at radius 2 is 2.16 bits per heavy atom. The van der Waals surface area contributed by atoms with Gasteiger partial charge in [0.2, 0.25) is 0 Å². The van der Waals surface area contributed by atoms with Gasteiger partial charge in [0.1, 0.15) is 6.61 Å². The van der Waals surface area contributed by atoms with E-state index in [1.807, 2.05) is 12.1 Å². The lowest BCUT2D eigenvalue weighted by Gasteiger charge is -2.14. The molecular weight excluding hydrogens is 285 g/mol. The SMILES string of the molecule is COc1cc(Cl)cc(CCl)c1OCc1cccnc1. The van der Waals surface area contributed by atoms with Crippen LogP contribution in [-0.2, 0) is 12.5 Å². The van der Waals surface area contributed by atoms with Gasteiger partial charge >= 0.3 is 0 Å². The minimum Gasteiger partial charge on any atom is -0.493 e. The third-order valence-electron chi connectivity index (χ3n) is 2.57. The van der Waals surface area contributed by atoms with Gasteiger partial charge < -0.3 is 9.47 Å². The molecule has 3 nitrogen and oxygen atoms in total. The summed E-state index contributed by atoms with van der Waals surface area (Å²) in [5.74, 6) is 1.50. The Balaban J connectivity index is 2.23. The van der Waals surface area contributed by atoms with Gasteiger partial charge in [-0.1, -0.05) is 17.7 Å². The third-order valence-corrected chi connectivity index (χ3v) is 3.07. The molecule has 2 aromatic rings.